The number of halogens is 1. The lowest BCUT2D eigenvalue weighted by Crippen LogP contribution is -2.16. The molecule has 0 aliphatic rings. The van der Waals surface area contributed by atoms with Gasteiger partial charge >= 0.3 is 0 Å². The van der Waals surface area contributed by atoms with E-state index in [0.717, 1.165) is 5.69 Å². The van der Waals surface area contributed by atoms with Crippen molar-refractivity contribution in [3.8, 4) is 12.1 Å². The van der Waals surface area contributed by atoms with Crippen molar-refractivity contribution in [2.75, 3.05) is 11.9 Å². The van der Waals surface area contributed by atoms with Crippen molar-refractivity contribution in [3.63, 3.8) is 0 Å². The summed E-state index contributed by atoms with van der Waals surface area (Å²) in [6.07, 6.45) is 0. The van der Waals surface area contributed by atoms with Crippen LogP contribution in [0.4, 0.5) is 10.1 Å². The average molecular weight is 265 g/mol. The summed E-state index contributed by atoms with van der Waals surface area (Å²) in [4.78, 5) is 1.90. The van der Waals surface area contributed by atoms with Gasteiger partial charge in [-0.3, -0.25) is 0 Å². The summed E-state index contributed by atoms with van der Waals surface area (Å²) in [7, 11) is 1.85. The molecule has 20 heavy (non-hydrogen) atoms. The number of rotatable bonds is 3. The van der Waals surface area contributed by atoms with Crippen LogP contribution in [0.3, 0.4) is 0 Å². The number of benzene rings is 2. The van der Waals surface area contributed by atoms with E-state index in [1.54, 1.807) is 24.3 Å². The van der Waals surface area contributed by atoms with Gasteiger partial charge in [-0.05, 0) is 42.0 Å². The van der Waals surface area contributed by atoms with E-state index in [9.17, 15) is 4.39 Å². The molecule has 3 nitrogen and oxygen atoms in total. The zero-order valence-electron chi connectivity index (χ0n) is 11.0. The molecule has 0 heterocycles. The predicted octanol–water partition coefficient (Wildman–Crippen LogP) is 3.21. The molecule has 2 aromatic rings. The van der Waals surface area contributed by atoms with Crippen molar-refractivity contribution >= 4 is 5.69 Å². The maximum Gasteiger partial charge on any atom is 0.124 e. The molecule has 0 N–H and O–H groups in total. The Morgan fingerprint density at radius 1 is 1.05 bits per heavy atom. The Hall–Kier alpha value is -2.85. The average Bonchev–Trinajstić information content (AvgIpc) is 2.46. The smallest absolute Gasteiger partial charge is 0.124 e. The number of nitriles is 2. The maximum absolute atomic E-state index is 13.4. The summed E-state index contributed by atoms with van der Waals surface area (Å²) >= 11 is 0. The molecule has 0 atom stereocenters. The molecule has 0 unspecified atom stereocenters. The molecule has 0 saturated heterocycles. The van der Waals surface area contributed by atoms with Gasteiger partial charge in [-0.15, -0.1) is 0 Å². The Morgan fingerprint density at radius 2 is 1.80 bits per heavy atom. The van der Waals surface area contributed by atoms with Gasteiger partial charge in [0.25, 0.3) is 0 Å². The molecule has 0 aliphatic heterocycles. The van der Waals surface area contributed by atoms with Crippen molar-refractivity contribution < 1.29 is 4.39 Å². The number of nitrogens with zero attached hydrogens (tertiary/aromatic N) is 3. The maximum atomic E-state index is 13.4. The van der Waals surface area contributed by atoms with Crippen molar-refractivity contribution in [1.29, 1.82) is 10.5 Å². The van der Waals surface area contributed by atoms with E-state index >= 15 is 0 Å². The highest BCUT2D eigenvalue weighted by Gasteiger charge is 2.06. The van der Waals surface area contributed by atoms with Gasteiger partial charge < -0.3 is 4.90 Å². The van der Waals surface area contributed by atoms with Crippen molar-refractivity contribution in [2.45, 2.75) is 6.54 Å². The molecular weight excluding hydrogens is 253 g/mol. The molecule has 0 aliphatic carbocycles. The summed E-state index contributed by atoms with van der Waals surface area (Å²) in [6.45, 7) is 0.460. The Morgan fingerprint density at radius 3 is 2.50 bits per heavy atom. The van der Waals surface area contributed by atoms with Crippen LogP contribution >= 0.6 is 0 Å². The summed E-state index contributed by atoms with van der Waals surface area (Å²) in [5.41, 5.74) is 2.46. The van der Waals surface area contributed by atoms with Gasteiger partial charge in [0.05, 0.1) is 23.3 Å². The van der Waals surface area contributed by atoms with Crippen LogP contribution in [-0.2, 0) is 6.54 Å². The minimum absolute atomic E-state index is 0.305. The molecule has 0 saturated carbocycles. The molecule has 0 aromatic heterocycles. The molecule has 2 aromatic carbocycles. The first-order valence-electron chi connectivity index (χ1n) is 6.03. The van der Waals surface area contributed by atoms with Crippen LogP contribution in [0.1, 0.15) is 16.7 Å². The molecular formula is C16H12FN3. The van der Waals surface area contributed by atoms with Crippen molar-refractivity contribution in [2.24, 2.45) is 0 Å². The number of hydrogen-bond acceptors (Lipinski definition) is 3. The molecule has 0 fully saturated rings. The van der Waals surface area contributed by atoms with E-state index in [0.29, 0.717) is 23.2 Å². The zero-order chi connectivity index (χ0) is 14.5. The highest BCUT2D eigenvalue weighted by atomic mass is 19.1. The summed E-state index contributed by atoms with van der Waals surface area (Å²) in [5.74, 6) is -0.418. The first-order valence-corrected chi connectivity index (χ1v) is 6.03. The molecule has 0 radical (unpaired) electrons. The van der Waals surface area contributed by atoms with Crippen LogP contribution in [0.5, 0.6) is 0 Å². The van der Waals surface area contributed by atoms with Crippen LogP contribution in [-0.4, -0.2) is 7.05 Å². The van der Waals surface area contributed by atoms with Crippen LogP contribution < -0.4 is 4.90 Å². The highest BCUT2D eigenvalue weighted by Crippen LogP contribution is 2.18. The largest absolute Gasteiger partial charge is 0.370 e. The second kappa shape index (κ2) is 5.86. The van der Waals surface area contributed by atoms with E-state index in [4.69, 9.17) is 10.5 Å². The third-order valence-corrected chi connectivity index (χ3v) is 2.92. The normalized spacial score (nSPS) is 9.60. The van der Waals surface area contributed by atoms with E-state index in [2.05, 4.69) is 6.07 Å². The SMILES string of the molecule is CN(Cc1cc(F)cc(C#N)c1)c1cccc(C#N)c1. The summed E-state index contributed by atoms with van der Waals surface area (Å²) in [5, 5.41) is 17.7. The lowest BCUT2D eigenvalue weighted by atomic mass is 10.1. The first kappa shape index (κ1) is 13.6. The van der Waals surface area contributed by atoms with Gasteiger partial charge in [-0.2, -0.15) is 10.5 Å². The van der Waals surface area contributed by atoms with Crippen molar-refractivity contribution in [3.05, 3.63) is 65.0 Å². The van der Waals surface area contributed by atoms with Gasteiger partial charge in [0.15, 0.2) is 0 Å². The number of anilines is 1. The Balaban J connectivity index is 2.23. The monoisotopic (exact) mass is 265 g/mol. The van der Waals surface area contributed by atoms with Crippen LogP contribution in [0.25, 0.3) is 0 Å². The van der Waals surface area contributed by atoms with E-state index < -0.39 is 5.82 Å². The van der Waals surface area contributed by atoms with Crippen LogP contribution in [0.15, 0.2) is 42.5 Å². The second-order valence-electron chi connectivity index (χ2n) is 4.48. The fraction of sp³-hybridized carbons (Fsp3) is 0.125. The fourth-order valence-electron chi connectivity index (χ4n) is 1.98. The predicted molar refractivity (Wildman–Crippen MR) is 74.4 cm³/mol. The van der Waals surface area contributed by atoms with Gasteiger partial charge in [0.2, 0.25) is 0 Å². The lowest BCUT2D eigenvalue weighted by molar-refractivity contribution is 0.624. The third kappa shape index (κ3) is 3.13. The quantitative estimate of drug-likeness (QED) is 0.856. The summed E-state index contributed by atoms with van der Waals surface area (Å²) < 4.78 is 13.4. The Labute approximate surface area is 117 Å². The van der Waals surface area contributed by atoms with E-state index in [1.165, 1.54) is 12.1 Å². The molecule has 4 heteroatoms. The Bertz CT molecular complexity index is 710. The second-order valence-corrected chi connectivity index (χ2v) is 4.48. The first-order chi connectivity index (χ1) is 9.62. The van der Waals surface area contributed by atoms with Crippen LogP contribution in [0.2, 0.25) is 0 Å². The molecule has 0 spiro atoms. The highest BCUT2D eigenvalue weighted by molar-refractivity contribution is 5.51. The summed E-state index contributed by atoms with van der Waals surface area (Å²) in [6, 6.07) is 15.5. The van der Waals surface area contributed by atoms with Crippen molar-refractivity contribution in [1.82, 2.24) is 0 Å². The molecule has 2 rings (SSSR count). The third-order valence-electron chi connectivity index (χ3n) is 2.92. The zero-order valence-corrected chi connectivity index (χ0v) is 11.0. The Kier molecular flexibility index (Phi) is 3.98. The van der Waals surface area contributed by atoms with E-state index in [1.807, 2.05) is 24.1 Å². The minimum Gasteiger partial charge on any atom is -0.370 e. The lowest BCUT2D eigenvalue weighted by Gasteiger charge is -2.19. The number of hydrogen-bond donors (Lipinski definition) is 0. The van der Waals surface area contributed by atoms with E-state index in [-0.39, 0.29) is 0 Å². The molecule has 98 valence electrons. The molecule has 0 bridgehead atoms. The standard InChI is InChI=1S/C16H12FN3/c1-20(16-4-2-3-12(8-16)9-18)11-14-5-13(10-19)6-15(17)7-14/h2-8H,11H2,1H3. The topological polar surface area (TPSA) is 50.8 Å². The van der Waals surface area contributed by atoms with Gasteiger partial charge in [0.1, 0.15) is 5.82 Å². The fourth-order valence-corrected chi connectivity index (χ4v) is 1.98. The van der Waals surface area contributed by atoms with Gasteiger partial charge in [-0.25, -0.2) is 4.39 Å². The molecule has 0 amide bonds. The van der Waals surface area contributed by atoms with Gasteiger partial charge in [0, 0.05) is 19.3 Å². The van der Waals surface area contributed by atoms with Gasteiger partial charge in [-0.1, -0.05) is 6.07 Å². The van der Waals surface area contributed by atoms with Crippen LogP contribution in [0, 0.1) is 28.5 Å². The minimum atomic E-state index is -0.418.